The van der Waals surface area contributed by atoms with Gasteiger partial charge >= 0.3 is 0 Å². The van der Waals surface area contributed by atoms with Crippen LogP contribution in [0.15, 0.2) is 21.5 Å². The Morgan fingerprint density at radius 3 is 2.64 bits per heavy atom. The lowest BCUT2D eigenvalue weighted by molar-refractivity contribution is 0.344. The van der Waals surface area contributed by atoms with Crippen LogP contribution in [0.1, 0.15) is 11.5 Å². The third-order valence-corrected chi connectivity index (χ3v) is 4.66. The SMILES string of the molecule is CSC(=NCCSCc1ccc(CN(C)C)o1)NS(C)(=O)=O. The van der Waals surface area contributed by atoms with Crippen LogP contribution in [0, 0.1) is 0 Å². The van der Waals surface area contributed by atoms with Gasteiger partial charge in [0.25, 0.3) is 0 Å². The Balaban J connectivity index is 2.31. The van der Waals surface area contributed by atoms with E-state index in [-0.39, 0.29) is 0 Å². The van der Waals surface area contributed by atoms with Gasteiger partial charge in [0.1, 0.15) is 11.5 Å². The molecule has 0 amide bonds. The Labute approximate surface area is 141 Å². The molecule has 0 radical (unpaired) electrons. The average molecular weight is 366 g/mol. The number of nitrogens with one attached hydrogen (secondary N) is 1. The average Bonchev–Trinajstić information content (AvgIpc) is 2.82. The van der Waals surface area contributed by atoms with Gasteiger partial charge in [-0.15, -0.1) is 0 Å². The highest BCUT2D eigenvalue weighted by Crippen LogP contribution is 2.16. The largest absolute Gasteiger partial charge is 0.464 e. The molecule has 6 nitrogen and oxygen atoms in total. The fraction of sp³-hybridized carbons (Fsp3) is 0.615. The molecule has 0 fully saturated rings. The van der Waals surface area contributed by atoms with Crippen molar-refractivity contribution in [1.82, 2.24) is 9.62 Å². The van der Waals surface area contributed by atoms with Gasteiger partial charge in [0.05, 0.1) is 25.1 Å². The van der Waals surface area contributed by atoms with E-state index in [2.05, 4.69) is 14.6 Å². The molecule has 1 aromatic heterocycles. The van der Waals surface area contributed by atoms with Gasteiger partial charge in [0.15, 0.2) is 5.17 Å². The number of amidine groups is 1. The molecule has 0 aliphatic rings. The first kappa shape index (κ1) is 19.4. The smallest absolute Gasteiger partial charge is 0.231 e. The van der Waals surface area contributed by atoms with E-state index in [0.717, 1.165) is 35.8 Å². The highest BCUT2D eigenvalue weighted by molar-refractivity contribution is 8.14. The molecule has 1 N–H and O–H groups in total. The van der Waals surface area contributed by atoms with Gasteiger partial charge in [0, 0.05) is 5.75 Å². The van der Waals surface area contributed by atoms with Crippen LogP contribution in [0.25, 0.3) is 0 Å². The predicted molar refractivity (Wildman–Crippen MR) is 96.1 cm³/mol. The Morgan fingerprint density at radius 2 is 2.05 bits per heavy atom. The van der Waals surface area contributed by atoms with E-state index in [1.54, 1.807) is 18.0 Å². The van der Waals surface area contributed by atoms with E-state index in [0.29, 0.717) is 11.7 Å². The van der Waals surface area contributed by atoms with Gasteiger partial charge in [-0.05, 0) is 32.5 Å². The van der Waals surface area contributed by atoms with E-state index in [1.807, 2.05) is 26.2 Å². The fourth-order valence-electron chi connectivity index (χ4n) is 1.58. The molecule has 22 heavy (non-hydrogen) atoms. The number of hydrogen-bond donors (Lipinski definition) is 1. The zero-order valence-corrected chi connectivity index (χ0v) is 15.8. The number of nitrogens with zero attached hydrogens (tertiary/aromatic N) is 2. The summed E-state index contributed by atoms with van der Waals surface area (Å²) in [5.41, 5.74) is 0. The normalized spacial score (nSPS) is 12.9. The number of hydrogen-bond acceptors (Lipinski definition) is 7. The van der Waals surface area contributed by atoms with Crippen LogP contribution in [-0.4, -0.2) is 57.4 Å². The Morgan fingerprint density at radius 1 is 1.36 bits per heavy atom. The van der Waals surface area contributed by atoms with Crippen LogP contribution in [0.4, 0.5) is 0 Å². The quantitative estimate of drug-likeness (QED) is 0.430. The molecular formula is C13H23N3O3S3. The molecule has 126 valence electrons. The molecule has 0 saturated heterocycles. The third kappa shape index (κ3) is 8.72. The van der Waals surface area contributed by atoms with Gasteiger partial charge in [-0.3, -0.25) is 9.71 Å². The van der Waals surface area contributed by atoms with Crippen LogP contribution >= 0.6 is 23.5 Å². The van der Waals surface area contributed by atoms with E-state index >= 15 is 0 Å². The Hall–Kier alpha value is -0.640. The topological polar surface area (TPSA) is 74.9 Å². The van der Waals surface area contributed by atoms with E-state index in [9.17, 15) is 8.42 Å². The van der Waals surface area contributed by atoms with Crippen LogP contribution < -0.4 is 4.72 Å². The minimum Gasteiger partial charge on any atom is -0.464 e. The lowest BCUT2D eigenvalue weighted by atomic mass is 10.4. The Kier molecular flexibility index (Phi) is 8.37. The van der Waals surface area contributed by atoms with Gasteiger partial charge in [-0.25, -0.2) is 8.42 Å². The molecule has 0 aromatic carbocycles. The number of sulfonamides is 1. The van der Waals surface area contributed by atoms with Crippen molar-refractivity contribution >= 4 is 38.7 Å². The van der Waals surface area contributed by atoms with Crippen molar-refractivity contribution in [2.75, 3.05) is 38.9 Å². The van der Waals surface area contributed by atoms with Crippen molar-refractivity contribution in [2.45, 2.75) is 12.3 Å². The lowest BCUT2D eigenvalue weighted by Gasteiger charge is -2.06. The zero-order valence-electron chi connectivity index (χ0n) is 13.3. The maximum absolute atomic E-state index is 11.1. The minimum absolute atomic E-state index is 0.425. The molecule has 9 heteroatoms. The summed E-state index contributed by atoms with van der Waals surface area (Å²) >= 11 is 3.00. The van der Waals surface area contributed by atoms with Crippen molar-refractivity contribution in [1.29, 1.82) is 0 Å². The van der Waals surface area contributed by atoms with E-state index < -0.39 is 10.0 Å². The third-order valence-electron chi connectivity index (χ3n) is 2.39. The number of thioether (sulfide) groups is 2. The molecule has 0 spiro atoms. The molecule has 0 aliphatic heterocycles. The summed E-state index contributed by atoms with van der Waals surface area (Å²) in [6, 6.07) is 3.99. The second kappa shape index (κ2) is 9.49. The standard InChI is InChI=1S/C13H23N3O3S3/c1-16(2)9-11-5-6-12(19-11)10-21-8-7-14-13(20-3)15-22(4,17)18/h5-6H,7-10H2,1-4H3,(H,14,15). The highest BCUT2D eigenvalue weighted by atomic mass is 32.2. The van der Waals surface area contributed by atoms with Crippen molar-refractivity contribution in [3.05, 3.63) is 23.7 Å². The molecule has 0 bridgehead atoms. The van der Waals surface area contributed by atoms with E-state index in [1.165, 1.54) is 11.8 Å². The van der Waals surface area contributed by atoms with Crippen LogP contribution in [0.3, 0.4) is 0 Å². The van der Waals surface area contributed by atoms with Crippen LogP contribution in [0.5, 0.6) is 0 Å². The van der Waals surface area contributed by atoms with Gasteiger partial charge in [0.2, 0.25) is 10.0 Å². The maximum Gasteiger partial charge on any atom is 0.231 e. The van der Waals surface area contributed by atoms with Crippen molar-refractivity contribution in [3.8, 4) is 0 Å². The minimum atomic E-state index is -3.26. The van der Waals surface area contributed by atoms with Gasteiger partial charge in [-0.2, -0.15) is 11.8 Å². The second-order valence-electron chi connectivity index (χ2n) is 4.92. The monoisotopic (exact) mass is 365 g/mol. The molecule has 0 unspecified atom stereocenters. The van der Waals surface area contributed by atoms with E-state index in [4.69, 9.17) is 4.42 Å². The first-order valence-corrected chi connectivity index (χ1v) is 10.9. The lowest BCUT2D eigenvalue weighted by Crippen LogP contribution is -2.27. The number of rotatable bonds is 8. The summed E-state index contributed by atoms with van der Waals surface area (Å²) in [4.78, 5) is 6.29. The molecular weight excluding hydrogens is 342 g/mol. The van der Waals surface area contributed by atoms with Crippen LogP contribution in [0.2, 0.25) is 0 Å². The second-order valence-corrected chi connectivity index (χ2v) is 8.57. The highest BCUT2D eigenvalue weighted by Gasteiger charge is 2.05. The molecule has 0 saturated carbocycles. The van der Waals surface area contributed by atoms with Crippen molar-refractivity contribution in [2.24, 2.45) is 4.99 Å². The summed E-state index contributed by atoms with van der Waals surface area (Å²) in [5, 5.41) is 0.425. The first-order valence-electron chi connectivity index (χ1n) is 6.66. The Bertz CT molecular complexity index is 582. The summed E-state index contributed by atoms with van der Waals surface area (Å²) in [6.07, 6.45) is 2.91. The summed E-state index contributed by atoms with van der Waals surface area (Å²) < 4.78 is 30.4. The van der Waals surface area contributed by atoms with Gasteiger partial charge < -0.3 is 9.32 Å². The zero-order chi connectivity index (χ0) is 16.6. The number of furan rings is 1. The first-order chi connectivity index (χ1) is 10.3. The predicted octanol–water partition coefficient (Wildman–Crippen LogP) is 1.84. The van der Waals surface area contributed by atoms with Crippen molar-refractivity contribution < 1.29 is 12.8 Å². The summed E-state index contributed by atoms with van der Waals surface area (Å²) in [6.45, 7) is 1.36. The number of aliphatic imine (C=N–C) groups is 1. The molecule has 1 rings (SSSR count). The fourth-order valence-corrected chi connectivity index (χ4v) is 3.69. The molecule has 1 aromatic rings. The van der Waals surface area contributed by atoms with Crippen LogP contribution in [-0.2, 0) is 22.3 Å². The molecule has 0 aliphatic carbocycles. The van der Waals surface area contributed by atoms with Gasteiger partial charge in [-0.1, -0.05) is 11.8 Å². The van der Waals surface area contributed by atoms with Crippen molar-refractivity contribution in [3.63, 3.8) is 0 Å². The summed E-state index contributed by atoms with van der Waals surface area (Å²) in [5.74, 6) is 3.50. The maximum atomic E-state index is 11.1. The molecule has 0 atom stereocenters. The summed E-state index contributed by atoms with van der Waals surface area (Å²) in [7, 11) is 0.750. The molecule has 1 heterocycles.